The summed E-state index contributed by atoms with van der Waals surface area (Å²) in [6.07, 6.45) is 1.17. The van der Waals surface area contributed by atoms with Gasteiger partial charge in [0.2, 0.25) is 5.91 Å². The van der Waals surface area contributed by atoms with E-state index in [4.69, 9.17) is 11.6 Å². The number of carbonyl (C=O) groups excluding carboxylic acids is 1. The lowest BCUT2D eigenvalue weighted by Gasteiger charge is -2.10. The molecule has 0 saturated carbocycles. The van der Waals surface area contributed by atoms with Gasteiger partial charge in [0.15, 0.2) is 0 Å². The van der Waals surface area contributed by atoms with Gasteiger partial charge in [0.25, 0.3) is 0 Å². The third-order valence-corrected chi connectivity index (χ3v) is 4.31. The van der Waals surface area contributed by atoms with Crippen molar-refractivity contribution >= 4 is 39.1 Å². The Morgan fingerprint density at radius 3 is 2.71 bits per heavy atom. The van der Waals surface area contributed by atoms with Crippen molar-refractivity contribution in [2.24, 2.45) is 0 Å². The third-order valence-electron chi connectivity index (χ3n) is 3.25. The summed E-state index contributed by atoms with van der Waals surface area (Å²) in [4.78, 5) is 12.0. The van der Waals surface area contributed by atoms with Gasteiger partial charge in [-0.25, -0.2) is 0 Å². The topological polar surface area (TPSA) is 29.1 Å². The van der Waals surface area contributed by atoms with E-state index in [0.717, 1.165) is 16.5 Å². The smallest absolute Gasteiger partial charge is 0.224 e. The molecule has 0 saturated heterocycles. The van der Waals surface area contributed by atoms with Crippen LogP contribution in [0.5, 0.6) is 0 Å². The van der Waals surface area contributed by atoms with Crippen LogP contribution in [0.1, 0.15) is 23.1 Å². The molecule has 1 amide bonds. The Kier molecular flexibility index (Phi) is 5.43. The maximum absolute atomic E-state index is 12.0. The number of rotatable bonds is 4. The second kappa shape index (κ2) is 7.10. The highest BCUT2D eigenvalue weighted by Gasteiger charge is 2.08. The van der Waals surface area contributed by atoms with Gasteiger partial charge in [-0.3, -0.25) is 4.79 Å². The van der Waals surface area contributed by atoms with Crippen molar-refractivity contribution in [2.75, 3.05) is 5.32 Å². The molecule has 2 rings (SSSR count). The van der Waals surface area contributed by atoms with Crippen LogP contribution in [0.2, 0.25) is 5.02 Å². The molecule has 0 aliphatic carbocycles. The molecule has 0 radical (unpaired) electrons. The van der Waals surface area contributed by atoms with Crippen LogP contribution in [0, 0.1) is 13.8 Å². The lowest BCUT2D eigenvalue weighted by molar-refractivity contribution is -0.116. The molecule has 0 atom stereocenters. The van der Waals surface area contributed by atoms with Crippen LogP contribution in [-0.2, 0) is 11.2 Å². The van der Waals surface area contributed by atoms with Crippen molar-refractivity contribution in [2.45, 2.75) is 26.7 Å². The zero-order valence-electron chi connectivity index (χ0n) is 12.0. The van der Waals surface area contributed by atoms with Gasteiger partial charge in [0.1, 0.15) is 0 Å². The van der Waals surface area contributed by atoms with Crippen LogP contribution in [-0.4, -0.2) is 5.91 Å². The number of hydrogen-bond donors (Lipinski definition) is 1. The Morgan fingerprint density at radius 1 is 1.24 bits per heavy atom. The van der Waals surface area contributed by atoms with Crippen molar-refractivity contribution in [3.8, 4) is 0 Å². The van der Waals surface area contributed by atoms with Gasteiger partial charge < -0.3 is 5.32 Å². The summed E-state index contributed by atoms with van der Waals surface area (Å²) in [6.45, 7) is 3.98. The van der Waals surface area contributed by atoms with E-state index in [1.165, 1.54) is 11.1 Å². The molecule has 0 bridgehead atoms. The van der Waals surface area contributed by atoms with E-state index in [1.807, 2.05) is 25.1 Å². The number of aryl methyl sites for hydroxylation is 3. The monoisotopic (exact) mass is 365 g/mol. The number of anilines is 1. The fourth-order valence-electron chi connectivity index (χ4n) is 2.08. The number of benzene rings is 2. The molecular weight excluding hydrogens is 350 g/mol. The minimum Gasteiger partial charge on any atom is -0.325 e. The molecular formula is C17H17BrClNO. The fraction of sp³-hybridized carbons (Fsp3) is 0.235. The van der Waals surface area contributed by atoms with Crippen molar-refractivity contribution < 1.29 is 4.79 Å². The Balaban J connectivity index is 1.97. The van der Waals surface area contributed by atoms with Crippen LogP contribution >= 0.6 is 27.5 Å². The van der Waals surface area contributed by atoms with Gasteiger partial charge in [-0.15, -0.1) is 0 Å². The SMILES string of the molecule is Cc1cccc(CCC(=O)Nc2cc(Cl)c(C)cc2Br)c1. The highest BCUT2D eigenvalue weighted by Crippen LogP contribution is 2.29. The fourth-order valence-corrected chi connectivity index (χ4v) is 2.80. The first-order valence-corrected chi connectivity index (χ1v) is 7.94. The standard InChI is InChI=1S/C17H17BrClNO/c1-11-4-3-5-13(8-11)6-7-17(21)20-16-10-15(19)12(2)9-14(16)18/h3-5,8-10H,6-7H2,1-2H3,(H,20,21). The maximum Gasteiger partial charge on any atom is 0.224 e. The van der Waals surface area contributed by atoms with E-state index in [2.05, 4.69) is 40.3 Å². The summed E-state index contributed by atoms with van der Waals surface area (Å²) in [5.74, 6) is -0.0166. The van der Waals surface area contributed by atoms with E-state index >= 15 is 0 Å². The van der Waals surface area contributed by atoms with Crippen molar-refractivity contribution in [1.82, 2.24) is 0 Å². The average molecular weight is 367 g/mol. The van der Waals surface area contributed by atoms with E-state index in [0.29, 0.717) is 17.1 Å². The Hall–Kier alpha value is -1.32. The zero-order chi connectivity index (χ0) is 15.4. The largest absolute Gasteiger partial charge is 0.325 e. The summed E-state index contributed by atoms with van der Waals surface area (Å²) >= 11 is 9.53. The molecule has 110 valence electrons. The highest BCUT2D eigenvalue weighted by atomic mass is 79.9. The molecule has 2 aromatic rings. The van der Waals surface area contributed by atoms with E-state index in [1.54, 1.807) is 6.07 Å². The van der Waals surface area contributed by atoms with Crippen LogP contribution in [0.3, 0.4) is 0 Å². The normalized spacial score (nSPS) is 10.5. The predicted octanol–water partition coefficient (Wildman–Crippen LogP) is 5.29. The Labute approximate surface area is 138 Å². The zero-order valence-corrected chi connectivity index (χ0v) is 14.4. The quantitative estimate of drug-likeness (QED) is 0.782. The molecule has 0 fully saturated rings. The van der Waals surface area contributed by atoms with Gasteiger partial charge >= 0.3 is 0 Å². The number of hydrogen-bond acceptors (Lipinski definition) is 1. The molecule has 0 heterocycles. The predicted molar refractivity (Wildman–Crippen MR) is 92.0 cm³/mol. The number of carbonyl (C=O) groups is 1. The molecule has 1 N–H and O–H groups in total. The van der Waals surface area contributed by atoms with Gasteiger partial charge in [0, 0.05) is 15.9 Å². The summed E-state index contributed by atoms with van der Waals surface area (Å²) < 4.78 is 0.841. The van der Waals surface area contributed by atoms with Crippen molar-refractivity contribution in [3.05, 3.63) is 62.6 Å². The molecule has 2 aromatic carbocycles. The summed E-state index contributed by atoms with van der Waals surface area (Å²) in [5.41, 5.74) is 4.06. The molecule has 21 heavy (non-hydrogen) atoms. The molecule has 0 aromatic heterocycles. The van der Waals surface area contributed by atoms with Crippen LogP contribution in [0.4, 0.5) is 5.69 Å². The lowest BCUT2D eigenvalue weighted by Crippen LogP contribution is -2.12. The van der Waals surface area contributed by atoms with E-state index in [-0.39, 0.29) is 5.91 Å². The summed E-state index contributed by atoms with van der Waals surface area (Å²) in [6, 6.07) is 11.9. The minimum absolute atomic E-state index is 0.0166. The Morgan fingerprint density at radius 2 is 2.00 bits per heavy atom. The molecule has 0 unspecified atom stereocenters. The molecule has 2 nitrogen and oxygen atoms in total. The van der Waals surface area contributed by atoms with Gasteiger partial charge in [-0.2, -0.15) is 0 Å². The first-order valence-electron chi connectivity index (χ1n) is 6.77. The van der Waals surface area contributed by atoms with Gasteiger partial charge in [-0.1, -0.05) is 41.4 Å². The highest BCUT2D eigenvalue weighted by molar-refractivity contribution is 9.10. The van der Waals surface area contributed by atoms with Crippen LogP contribution < -0.4 is 5.32 Å². The lowest BCUT2D eigenvalue weighted by atomic mass is 10.1. The summed E-state index contributed by atoms with van der Waals surface area (Å²) in [7, 11) is 0. The van der Waals surface area contributed by atoms with E-state index < -0.39 is 0 Å². The maximum atomic E-state index is 12.0. The average Bonchev–Trinajstić information content (AvgIpc) is 2.43. The second-order valence-electron chi connectivity index (χ2n) is 5.12. The summed E-state index contributed by atoms with van der Waals surface area (Å²) in [5, 5.41) is 3.54. The van der Waals surface area contributed by atoms with Crippen molar-refractivity contribution in [1.29, 1.82) is 0 Å². The van der Waals surface area contributed by atoms with Crippen LogP contribution in [0.15, 0.2) is 40.9 Å². The number of nitrogens with one attached hydrogen (secondary N) is 1. The molecule has 0 spiro atoms. The molecule has 4 heteroatoms. The molecule has 0 aliphatic rings. The first kappa shape index (κ1) is 16.1. The first-order chi connectivity index (χ1) is 9.95. The third kappa shape index (κ3) is 4.58. The molecule has 0 aliphatic heterocycles. The van der Waals surface area contributed by atoms with Gasteiger partial charge in [0.05, 0.1) is 5.69 Å². The second-order valence-corrected chi connectivity index (χ2v) is 6.38. The number of halogens is 2. The van der Waals surface area contributed by atoms with Crippen molar-refractivity contribution in [3.63, 3.8) is 0 Å². The van der Waals surface area contributed by atoms with Gasteiger partial charge in [-0.05, 0) is 59.5 Å². The van der Waals surface area contributed by atoms with Crippen LogP contribution in [0.25, 0.3) is 0 Å². The number of amides is 1. The minimum atomic E-state index is -0.0166. The Bertz CT molecular complexity index is 670. The van der Waals surface area contributed by atoms with E-state index in [9.17, 15) is 4.79 Å².